The highest BCUT2D eigenvalue weighted by Gasteiger charge is 2.32. The largest absolute Gasteiger partial charge is 0.497 e. The molecule has 1 N–H and O–H groups in total. The van der Waals surface area contributed by atoms with Crippen LogP contribution in [-0.4, -0.2) is 45.3 Å². The summed E-state index contributed by atoms with van der Waals surface area (Å²) in [5, 5.41) is 0.655. The van der Waals surface area contributed by atoms with Gasteiger partial charge in [-0.05, 0) is 30.7 Å². The maximum Gasteiger partial charge on any atom is 0.215 e. The van der Waals surface area contributed by atoms with Crippen LogP contribution in [0, 0.1) is 0 Å². The molecule has 0 bridgehead atoms. The molecule has 1 atom stereocenters. The molecular weight excluding hydrogens is 316 g/mol. The van der Waals surface area contributed by atoms with E-state index in [1.54, 1.807) is 14.0 Å². The Labute approximate surface area is 136 Å². The summed E-state index contributed by atoms with van der Waals surface area (Å²) in [4.78, 5) is 2.12. The number of likely N-dealkylation sites (tertiary alicyclic amines) is 1. The van der Waals surface area contributed by atoms with E-state index in [1.807, 2.05) is 24.3 Å². The zero-order chi connectivity index (χ0) is 16.4. The van der Waals surface area contributed by atoms with Gasteiger partial charge in [-0.1, -0.05) is 6.92 Å². The van der Waals surface area contributed by atoms with Crippen LogP contribution in [0.2, 0.25) is 0 Å². The van der Waals surface area contributed by atoms with Crippen molar-refractivity contribution >= 4 is 21.0 Å². The van der Waals surface area contributed by atoms with E-state index in [1.165, 1.54) is 0 Å². The third-order valence-corrected chi connectivity index (χ3v) is 6.12. The summed E-state index contributed by atoms with van der Waals surface area (Å²) in [7, 11) is -1.57. The minimum absolute atomic E-state index is 0.341. The molecule has 0 aliphatic carbocycles. The Balaban J connectivity index is 1.69. The zero-order valence-electron chi connectivity index (χ0n) is 13.4. The normalized spacial score (nSPS) is 19.5. The van der Waals surface area contributed by atoms with Crippen molar-refractivity contribution in [2.45, 2.75) is 25.1 Å². The first-order valence-corrected chi connectivity index (χ1v) is 9.33. The van der Waals surface area contributed by atoms with Gasteiger partial charge in [0.15, 0.2) is 0 Å². The van der Waals surface area contributed by atoms with Crippen molar-refractivity contribution < 1.29 is 17.6 Å². The molecule has 2 aromatic rings. The maximum absolute atomic E-state index is 12.1. The summed E-state index contributed by atoms with van der Waals surface area (Å²) in [6, 6.07) is 7.68. The molecule has 7 heteroatoms. The Morgan fingerprint density at radius 1 is 1.39 bits per heavy atom. The van der Waals surface area contributed by atoms with Gasteiger partial charge in [0.2, 0.25) is 10.0 Å². The molecule has 3 rings (SSSR count). The van der Waals surface area contributed by atoms with E-state index in [0.717, 1.165) is 29.0 Å². The predicted molar refractivity (Wildman–Crippen MR) is 89.0 cm³/mol. The Bertz CT molecular complexity index is 784. The third kappa shape index (κ3) is 3.52. The molecule has 1 saturated heterocycles. The molecule has 0 unspecified atom stereocenters. The fourth-order valence-corrected chi connectivity index (χ4v) is 4.48. The van der Waals surface area contributed by atoms with Gasteiger partial charge in [0.25, 0.3) is 0 Å². The summed E-state index contributed by atoms with van der Waals surface area (Å²) >= 11 is 0. The number of hydrogen-bond donors (Lipinski definition) is 1. The lowest BCUT2D eigenvalue weighted by Crippen LogP contribution is -2.36. The van der Waals surface area contributed by atoms with Crippen LogP contribution in [0.5, 0.6) is 5.75 Å². The summed E-state index contributed by atoms with van der Waals surface area (Å²) in [5.74, 6) is 1.64. The summed E-state index contributed by atoms with van der Waals surface area (Å²) < 4.78 is 37.8. The summed E-state index contributed by atoms with van der Waals surface area (Å²) in [6.45, 7) is 4.15. The second-order valence-electron chi connectivity index (χ2n) is 5.81. The van der Waals surface area contributed by atoms with Gasteiger partial charge in [0.1, 0.15) is 17.1 Å². The molecule has 1 aliphatic rings. The molecular formula is C16H22N2O4S. The van der Waals surface area contributed by atoms with E-state index in [2.05, 4.69) is 9.62 Å². The van der Waals surface area contributed by atoms with E-state index in [-0.39, 0.29) is 5.25 Å². The van der Waals surface area contributed by atoms with E-state index >= 15 is 0 Å². The average molecular weight is 338 g/mol. The van der Waals surface area contributed by atoms with Crippen LogP contribution in [0.3, 0.4) is 0 Å². The van der Waals surface area contributed by atoms with E-state index < -0.39 is 10.0 Å². The van der Waals surface area contributed by atoms with Crippen LogP contribution in [0.25, 0.3) is 11.0 Å². The molecule has 1 aromatic heterocycles. The molecule has 0 amide bonds. The highest BCUT2D eigenvalue weighted by molar-refractivity contribution is 7.90. The van der Waals surface area contributed by atoms with Gasteiger partial charge in [-0.25, -0.2) is 13.1 Å². The van der Waals surface area contributed by atoms with Crippen molar-refractivity contribution in [1.29, 1.82) is 0 Å². The Kier molecular flexibility index (Phi) is 4.61. The Hall–Kier alpha value is -1.57. The van der Waals surface area contributed by atoms with E-state index in [9.17, 15) is 8.42 Å². The number of hydrogen-bond acceptors (Lipinski definition) is 5. The van der Waals surface area contributed by atoms with Gasteiger partial charge in [-0.2, -0.15) is 0 Å². The topological polar surface area (TPSA) is 71.8 Å². The Morgan fingerprint density at radius 3 is 2.96 bits per heavy atom. The smallest absolute Gasteiger partial charge is 0.215 e. The number of rotatable bonds is 6. The molecule has 1 aromatic carbocycles. The average Bonchev–Trinajstić information content (AvgIpc) is 3.13. The molecule has 1 aliphatic heterocycles. The van der Waals surface area contributed by atoms with Gasteiger partial charge in [0.05, 0.1) is 18.9 Å². The number of furan rings is 1. The summed E-state index contributed by atoms with van der Waals surface area (Å²) in [6.07, 6.45) is 0.656. The van der Waals surface area contributed by atoms with Crippen molar-refractivity contribution in [3.8, 4) is 5.75 Å². The lowest BCUT2D eigenvalue weighted by Gasteiger charge is -2.14. The van der Waals surface area contributed by atoms with Crippen molar-refractivity contribution in [3.63, 3.8) is 0 Å². The predicted octanol–water partition coefficient (Wildman–Crippen LogP) is 1.95. The van der Waals surface area contributed by atoms with Crippen LogP contribution in [0.4, 0.5) is 0 Å². The SMILES string of the molecule is CCNS(=O)(=O)[C@H]1CCN(Cc2cc3cc(OC)ccc3o2)C1. The van der Waals surface area contributed by atoms with Crippen LogP contribution in [0.15, 0.2) is 28.7 Å². The molecule has 1 fully saturated rings. The molecule has 0 saturated carbocycles. The second kappa shape index (κ2) is 6.51. The van der Waals surface area contributed by atoms with Gasteiger partial charge in [-0.15, -0.1) is 0 Å². The third-order valence-electron chi connectivity index (χ3n) is 4.17. The van der Waals surface area contributed by atoms with Crippen molar-refractivity contribution in [2.75, 3.05) is 26.7 Å². The number of nitrogens with zero attached hydrogens (tertiary/aromatic N) is 1. The van der Waals surface area contributed by atoms with Crippen LogP contribution in [0.1, 0.15) is 19.1 Å². The highest BCUT2D eigenvalue weighted by atomic mass is 32.2. The van der Waals surface area contributed by atoms with Gasteiger partial charge in [0, 0.05) is 25.0 Å². The van der Waals surface area contributed by atoms with Crippen molar-refractivity contribution in [2.24, 2.45) is 0 Å². The molecule has 126 valence electrons. The first-order valence-electron chi connectivity index (χ1n) is 7.79. The number of sulfonamides is 1. The monoisotopic (exact) mass is 338 g/mol. The second-order valence-corrected chi connectivity index (χ2v) is 7.85. The fraction of sp³-hybridized carbons (Fsp3) is 0.500. The van der Waals surface area contributed by atoms with E-state index in [4.69, 9.17) is 9.15 Å². The number of nitrogens with one attached hydrogen (secondary N) is 1. The number of fused-ring (bicyclic) bond motifs is 1. The minimum atomic E-state index is -3.21. The number of methoxy groups -OCH3 is 1. The highest BCUT2D eigenvalue weighted by Crippen LogP contribution is 2.26. The van der Waals surface area contributed by atoms with Crippen LogP contribution in [-0.2, 0) is 16.6 Å². The molecule has 2 heterocycles. The quantitative estimate of drug-likeness (QED) is 0.872. The summed E-state index contributed by atoms with van der Waals surface area (Å²) in [5.41, 5.74) is 0.816. The van der Waals surface area contributed by atoms with Crippen LogP contribution >= 0.6 is 0 Å². The van der Waals surface area contributed by atoms with Crippen LogP contribution < -0.4 is 9.46 Å². The standard InChI is InChI=1S/C16H22N2O4S/c1-3-17-23(19,20)15-6-7-18(11-15)10-14-9-12-8-13(21-2)4-5-16(12)22-14/h4-5,8-9,15,17H,3,6-7,10-11H2,1-2H3/t15-/m0/s1. The Morgan fingerprint density at radius 2 is 2.22 bits per heavy atom. The van der Waals surface area contributed by atoms with E-state index in [0.29, 0.717) is 26.1 Å². The number of benzene rings is 1. The van der Waals surface area contributed by atoms with Crippen molar-refractivity contribution in [3.05, 3.63) is 30.0 Å². The maximum atomic E-state index is 12.1. The lowest BCUT2D eigenvalue weighted by molar-refractivity contribution is 0.302. The molecule has 0 radical (unpaired) electrons. The minimum Gasteiger partial charge on any atom is -0.497 e. The van der Waals surface area contributed by atoms with Gasteiger partial charge in [-0.3, -0.25) is 4.90 Å². The zero-order valence-corrected chi connectivity index (χ0v) is 14.2. The first kappa shape index (κ1) is 16.3. The molecule has 6 nitrogen and oxygen atoms in total. The number of ether oxygens (including phenoxy) is 1. The molecule has 0 spiro atoms. The fourth-order valence-electron chi connectivity index (χ4n) is 3.01. The van der Waals surface area contributed by atoms with Crippen molar-refractivity contribution in [1.82, 2.24) is 9.62 Å². The van der Waals surface area contributed by atoms with Gasteiger partial charge < -0.3 is 9.15 Å². The first-order chi connectivity index (χ1) is 11.0. The lowest BCUT2D eigenvalue weighted by atomic mass is 10.2. The molecule has 23 heavy (non-hydrogen) atoms. The van der Waals surface area contributed by atoms with Gasteiger partial charge >= 0.3 is 0 Å².